The summed E-state index contributed by atoms with van der Waals surface area (Å²) in [6.45, 7) is 4.12. The zero-order chi connectivity index (χ0) is 13.7. The van der Waals surface area contributed by atoms with Crippen molar-refractivity contribution < 1.29 is 4.79 Å². The van der Waals surface area contributed by atoms with Gasteiger partial charge in [0.25, 0.3) is 5.91 Å². The number of amides is 1. The van der Waals surface area contributed by atoms with Crippen LogP contribution in [0.15, 0.2) is 22.7 Å². The van der Waals surface area contributed by atoms with Crippen LogP contribution in [0.2, 0.25) is 0 Å². The van der Waals surface area contributed by atoms with E-state index in [-0.39, 0.29) is 5.91 Å². The number of benzene rings is 1. The lowest BCUT2D eigenvalue weighted by Gasteiger charge is -2.27. The van der Waals surface area contributed by atoms with Crippen LogP contribution in [0.5, 0.6) is 0 Å². The van der Waals surface area contributed by atoms with Gasteiger partial charge in [-0.1, -0.05) is 22.9 Å². The fourth-order valence-corrected chi connectivity index (χ4v) is 2.93. The van der Waals surface area contributed by atoms with Gasteiger partial charge < -0.3 is 4.90 Å². The summed E-state index contributed by atoms with van der Waals surface area (Å²) in [4.78, 5) is 14.2. The summed E-state index contributed by atoms with van der Waals surface area (Å²) in [5.41, 5.74) is 1.85. The van der Waals surface area contributed by atoms with Crippen molar-refractivity contribution in [3.63, 3.8) is 0 Å². The van der Waals surface area contributed by atoms with Gasteiger partial charge in [-0.05, 0) is 43.4 Å². The lowest BCUT2D eigenvalue weighted by atomic mass is 10.1. The van der Waals surface area contributed by atoms with Gasteiger partial charge in [0.2, 0.25) is 0 Å². The summed E-state index contributed by atoms with van der Waals surface area (Å²) in [5.74, 6) is 1.08. The zero-order valence-corrected chi connectivity index (χ0v) is 13.8. The molecular weight excluding hydrogens is 310 g/mol. The quantitative estimate of drug-likeness (QED) is 0.814. The van der Waals surface area contributed by atoms with Crippen LogP contribution in [0, 0.1) is 6.92 Å². The maximum Gasteiger partial charge on any atom is 0.253 e. The number of hydrogen-bond donors (Lipinski definition) is 0. The van der Waals surface area contributed by atoms with Crippen LogP contribution in [0.1, 0.15) is 29.3 Å². The summed E-state index contributed by atoms with van der Waals surface area (Å²) in [6.07, 6.45) is 3.06. The molecule has 0 spiro atoms. The Hall–Kier alpha value is -0.480. The minimum Gasteiger partial charge on any atom is -0.338 e. The van der Waals surface area contributed by atoms with E-state index in [1.807, 2.05) is 37.1 Å². The first kappa shape index (κ1) is 15.6. The Balaban J connectivity index is 2.88. The van der Waals surface area contributed by atoms with Crippen LogP contribution in [0.4, 0.5) is 0 Å². The van der Waals surface area contributed by atoms with E-state index in [1.165, 1.54) is 0 Å². The largest absolute Gasteiger partial charge is 0.338 e. The minimum absolute atomic E-state index is 0.103. The van der Waals surface area contributed by atoms with Crippen molar-refractivity contribution in [2.75, 3.05) is 19.1 Å². The smallest absolute Gasteiger partial charge is 0.253 e. The Morgan fingerprint density at radius 3 is 2.67 bits per heavy atom. The molecule has 4 heteroatoms. The van der Waals surface area contributed by atoms with Crippen LogP contribution < -0.4 is 0 Å². The molecule has 0 N–H and O–H groups in total. The summed E-state index contributed by atoms with van der Waals surface area (Å²) >= 11 is 5.23. The van der Waals surface area contributed by atoms with Gasteiger partial charge in [-0.3, -0.25) is 4.79 Å². The number of carbonyl (C=O) groups excluding carboxylic acids is 1. The molecule has 2 nitrogen and oxygen atoms in total. The molecule has 0 aliphatic heterocycles. The maximum atomic E-state index is 12.4. The van der Waals surface area contributed by atoms with E-state index in [0.29, 0.717) is 6.04 Å². The van der Waals surface area contributed by atoms with Gasteiger partial charge in [0.1, 0.15) is 0 Å². The third-order valence-corrected chi connectivity index (χ3v) is 4.71. The molecule has 0 aliphatic carbocycles. The minimum atomic E-state index is 0.103. The molecule has 1 aromatic rings. The monoisotopic (exact) mass is 329 g/mol. The van der Waals surface area contributed by atoms with Crippen molar-refractivity contribution in [1.82, 2.24) is 4.90 Å². The Morgan fingerprint density at radius 1 is 1.50 bits per heavy atom. The Morgan fingerprint density at radius 2 is 2.17 bits per heavy atom. The molecule has 1 unspecified atom stereocenters. The molecule has 0 saturated heterocycles. The summed E-state index contributed by atoms with van der Waals surface area (Å²) < 4.78 is 1.04. The van der Waals surface area contributed by atoms with Crippen LogP contribution in [0.3, 0.4) is 0 Å². The molecule has 0 bridgehead atoms. The molecule has 0 radical (unpaired) electrons. The number of hydrogen-bond acceptors (Lipinski definition) is 2. The average Bonchev–Trinajstić information content (AvgIpc) is 2.37. The Labute approximate surface area is 122 Å². The number of nitrogens with zero attached hydrogens (tertiary/aromatic N) is 1. The molecule has 18 heavy (non-hydrogen) atoms. The van der Waals surface area contributed by atoms with Crippen LogP contribution in [0.25, 0.3) is 0 Å². The molecule has 1 aromatic carbocycles. The molecule has 1 rings (SSSR count). The van der Waals surface area contributed by atoms with Crippen LogP contribution in [-0.4, -0.2) is 35.9 Å². The second-order valence-corrected chi connectivity index (χ2v) is 6.16. The van der Waals surface area contributed by atoms with Crippen molar-refractivity contribution in [2.45, 2.75) is 26.3 Å². The molecule has 0 fully saturated rings. The Kier molecular flexibility index (Phi) is 6.22. The number of rotatable bonds is 5. The number of halogens is 1. The second kappa shape index (κ2) is 7.19. The van der Waals surface area contributed by atoms with E-state index in [4.69, 9.17) is 0 Å². The first-order valence-corrected chi connectivity index (χ1v) is 8.22. The molecule has 0 saturated carbocycles. The Bertz CT molecular complexity index is 422. The third-order valence-electron chi connectivity index (χ3n) is 3.10. The highest BCUT2D eigenvalue weighted by Gasteiger charge is 2.19. The SMILES string of the molecule is CCC(CSC)N(C)C(=O)c1ccc(Br)c(C)c1. The lowest BCUT2D eigenvalue weighted by Crippen LogP contribution is -2.38. The van der Waals surface area contributed by atoms with Crippen molar-refractivity contribution in [3.05, 3.63) is 33.8 Å². The van der Waals surface area contributed by atoms with Crippen molar-refractivity contribution in [1.29, 1.82) is 0 Å². The van der Waals surface area contributed by atoms with Crippen LogP contribution >= 0.6 is 27.7 Å². The van der Waals surface area contributed by atoms with E-state index in [2.05, 4.69) is 29.1 Å². The van der Waals surface area contributed by atoms with Gasteiger partial charge in [0.15, 0.2) is 0 Å². The average molecular weight is 330 g/mol. The molecule has 0 heterocycles. The second-order valence-electron chi connectivity index (χ2n) is 4.40. The van der Waals surface area contributed by atoms with Gasteiger partial charge in [-0.15, -0.1) is 0 Å². The predicted molar refractivity (Wildman–Crippen MR) is 83.4 cm³/mol. The lowest BCUT2D eigenvalue weighted by molar-refractivity contribution is 0.0743. The van der Waals surface area contributed by atoms with Crippen LogP contribution in [-0.2, 0) is 0 Å². The first-order valence-electron chi connectivity index (χ1n) is 6.03. The van der Waals surface area contributed by atoms with E-state index in [1.54, 1.807) is 11.8 Å². The van der Waals surface area contributed by atoms with Crippen molar-refractivity contribution in [3.8, 4) is 0 Å². The topological polar surface area (TPSA) is 20.3 Å². The van der Waals surface area contributed by atoms with Gasteiger partial charge in [-0.25, -0.2) is 0 Å². The van der Waals surface area contributed by atoms with Gasteiger partial charge in [-0.2, -0.15) is 11.8 Å². The van der Waals surface area contributed by atoms with E-state index in [0.717, 1.165) is 27.8 Å². The van der Waals surface area contributed by atoms with E-state index in [9.17, 15) is 4.79 Å². The number of thioether (sulfide) groups is 1. The standard InChI is InChI=1S/C14H20BrNOS/c1-5-12(9-18-4)16(3)14(17)11-6-7-13(15)10(2)8-11/h6-8,12H,5,9H2,1-4H3. The highest BCUT2D eigenvalue weighted by molar-refractivity contribution is 9.10. The number of carbonyl (C=O) groups is 1. The highest BCUT2D eigenvalue weighted by atomic mass is 79.9. The summed E-state index contributed by atoms with van der Waals surface area (Å²) in [6, 6.07) is 6.05. The fourth-order valence-electron chi connectivity index (χ4n) is 1.84. The maximum absolute atomic E-state index is 12.4. The number of aryl methyl sites for hydroxylation is 1. The molecule has 100 valence electrons. The third kappa shape index (κ3) is 3.75. The normalized spacial score (nSPS) is 12.3. The van der Waals surface area contributed by atoms with Gasteiger partial charge >= 0.3 is 0 Å². The fraction of sp³-hybridized carbons (Fsp3) is 0.500. The van der Waals surface area contributed by atoms with E-state index >= 15 is 0 Å². The highest BCUT2D eigenvalue weighted by Crippen LogP contribution is 2.19. The summed E-state index contributed by atoms with van der Waals surface area (Å²) in [5, 5.41) is 0. The van der Waals surface area contributed by atoms with Gasteiger partial charge in [0, 0.05) is 28.9 Å². The van der Waals surface area contributed by atoms with Crippen molar-refractivity contribution >= 4 is 33.6 Å². The summed E-state index contributed by atoms with van der Waals surface area (Å²) in [7, 11) is 1.89. The molecule has 0 aromatic heterocycles. The molecule has 0 aliphatic rings. The van der Waals surface area contributed by atoms with Crippen molar-refractivity contribution in [2.24, 2.45) is 0 Å². The molecular formula is C14H20BrNOS. The molecule has 1 atom stereocenters. The molecule has 1 amide bonds. The zero-order valence-electron chi connectivity index (χ0n) is 11.4. The predicted octanol–water partition coefficient (Wildman–Crippen LogP) is 3.97. The first-order chi connectivity index (χ1) is 8.51. The van der Waals surface area contributed by atoms with Gasteiger partial charge in [0.05, 0.1) is 0 Å². The van der Waals surface area contributed by atoms with E-state index < -0.39 is 0 Å².